The second-order valence-corrected chi connectivity index (χ2v) is 4.89. The molecule has 0 aliphatic heterocycles. The third kappa shape index (κ3) is 3.99. The molecule has 2 heterocycles. The predicted molar refractivity (Wildman–Crippen MR) is 71.7 cm³/mol. The van der Waals surface area contributed by atoms with Crippen LogP contribution in [0.25, 0.3) is 0 Å². The number of urea groups is 1. The van der Waals surface area contributed by atoms with Gasteiger partial charge in [0.2, 0.25) is 0 Å². The Hall–Kier alpha value is -2.02. The van der Waals surface area contributed by atoms with Crippen molar-refractivity contribution in [2.75, 3.05) is 11.9 Å². The normalized spacial score (nSPS) is 11.9. The van der Waals surface area contributed by atoms with E-state index in [9.17, 15) is 9.18 Å². The minimum absolute atomic E-state index is 0.145. The van der Waals surface area contributed by atoms with E-state index in [0.717, 1.165) is 11.2 Å². The van der Waals surface area contributed by atoms with Crippen LogP contribution >= 0.6 is 11.3 Å². The molecule has 0 fully saturated rings. The zero-order chi connectivity index (χ0) is 13.7. The summed E-state index contributed by atoms with van der Waals surface area (Å²) < 4.78 is 12.6. The van der Waals surface area contributed by atoms with E-state index in [4.69, 9.17) is 0 Å². The Morgan fingerprint density at radius 3 is 2.95 bits per heavy atom. The van der Waals surface area contributed by atoms with Gasteiger partial charge in [0.25, 0.3) is 0 Å². The summed E-state index contributed by atoms with van der Waals surface area (Å²) >= 11 is 1.55. The summed E-state index contributed by atoms with van der Waals surface area (Å²) in [5.74, 6) is 0.0103. The number of thiazole rings is 1. The molecule has 2 amide bonds. The number of anilines is 1. The Kier molecular flexibility index (Phi) is 4.40. The topological polar surface area (TPSA) is 66.9 Å². The number of nitrogens with zero attached hydrogens (tertiary/aromatic N) is 2. The van der Waals surface area contributed by atoms with Crippen LogP contribution in [0.15, 0.2) is 29.9 Å². The summed E-state index contributed by atoms with van der Waals surface area (Å²) in [5.41, 5.74) is 0. The lowest BCUT2D eigenvalue weighted by Crippen LogP contribution is -2.32. The zero-order valence-corrected chi connectivity index (χ0v) is 11.1. The number of halogens is 1. The molecule has 0 bridgehead atoms. The molecule has 19 heavy (non-hydrogen) atoms. The Balaban J connectivity index is 1.80. The number of pyridine rings is 1. The number of hydrogen-bond donors (Lipinski definition) is 2. The summed E-state index contributed by atoms with van der Waals surface area (Å²) in [7, 11) is 0. The molecule has 0 aromatic carbocycles. The van der Waals surface area contributed by atoms with Crippen LogP contribution < -0.4 is 10.6 Å². The molecule has 5 nitrogen and oxygen atoms in total. The number of carbonyl (C=O) groups is 1. The van der Waals surface area contributed by atoms with Gasteiger partial charge in [-0.25, -0.2) is 19.2 Å². The van der Waals surface area contributed by atoms with Gasteiger partial charge in [0, 0.05) is 24.0 Å². The van der Waals surface area contributed by atoms with Crippen molar-refractivity contribution in [3.05, 3.63) is 40.7 Å². The van der Waals surface area contributed by atoms with Gasteiger partial charge in [-0.1, -0.05) is 6.92 Å². The van der Waals surface area contributed by atoms with Crippen molar-refractivity contribution in [1.82, 2.24) is 15.3 Å². The molecule has 0 radical (unpaired) electrons. The fourth-order valence-corrected chi connectivity index (χ4v) is 2.12. The molecule has 1 atom stereocenters. The summed E-state index contributed by atoms with van der Waals surface area (Å²) in [5, 5.41) is 8.11. The van der Waals surface area contributed by atoms with E-state index in [1.165, 1.54) is 12.1 Å². The number of rotatable bonds is 4. The van der Waals surface area contributed by atoms with Gasteiger partial charge in [0.1, 0.15) is 11.6 Å². The van der Waals surface area contributed by atoms with Crippen LogP contribution in [0.4, 0.5) is 15.0 Å². The van der Waals surface area contributed by atoms with Crippen LogP contribution in [-0.2, 0) is 0 Å². The molecule has 0 spiro atoms. The lowest BCUT2D eigenvalue weighted by molar-refractivity contribution is 0.251. The highest BCUT2D eigenvalue weighted by atomic mass is 32.1. The Morgan fingerprint density at radius 1 is 1.47 bits per heavy atom. The minimum atomic E-state index is -0.441. The van der Waals surface area contributed by atoms with E-state index in [2.05, 4.69) is 20.6 Å². The quantitative estimate of drug-likeness (QED) is 0.904. The lowest BCUT2D eigenvalue weighted by atomic mass is 10.2. The van der Waals surface area contributed by atoms with Gasteiger partial charge in [0.05, 0.1) is 11.2 Å². The summed E-state index contributed by atoms with van der Waals surface area (Å²) in [6, 6.07) is 2.27. The highest BCUT2D eigenvalue weighted by Gasteiger charge is 2.10. The van der Waals surface area contributed by atoms with Crippen LogP contribution in [0.3, 0.4) is 0 Å². The number of hydrogen-bond acceptors (Lipinski definition) is 4. The first-order chi connectivity index (χ1) is 9.15. The zero-order valence-electron chi connectivity index (χ0n) is 10.3. The fourth-order valence-electron chi connectivity index (χ4n) is 1.42. The molecular formula is C12H13FN4OS. The molecule has 0 aliphatic carbocycles. The number of carbonyl (C=O) groups excluding carboxylic acids is 1. The smallest absolute Gasteiger partial charge is 0.320 e. The lowest BCUT2D eigenvalue weighted by Gasteiger charge is -2.10. The molecule has 100 valence electrons. The average molecular weight is 280 g/mol. The second kappa shape index (κ2) is 6.24. The van der Waals surface area contributed by atoms with Crippen molar-refractivity contribution in [2.24, 2.45) is 0 Å². The van der Waals surface area contributed by atoms with Gasteiger partial charge in [0.15, 0.2) is 0 Å². The second-order valence-electron chi connectivity index (χ2n) is 3.97. The van der Waals surface area contributed by atoms with Crippen molar-refractivity contribution in [1.29, 1.82) is 0 Å². The summed E-state index contributed by atoms with van der Waals surface area (Å²) in [6.07, 6.45) is 2.78. The number of aromatic nitrogens is 2. The van der Waals surface area contributed by atoms with Gasteiger partial charge in [-0.2, -0.15) is 0 Å². The predicted octanol–water partition coefficient (Wildman–Crippen LogP) is 2.60. The van der Waals surface area contributed by atoms with Crippen molar-refractivity contribution in [3.8, 4) is 0 Å². The van der Waals surface area contributed by atoms with Crippen LogP contribution in [0.5, 0.6) is 0 Å². The summed E-state index contributed by atoms with van der Waals surface area (Å²) in [6.45, 7) is 2.45. The van der Waals surface area contributed by atoms with Crippen LogP contribution in [0, 0.1) is 5.82 Å². The maximum Gasteiger partial charge on any atom is 0.320 e. The van der Waals surface area contributed by atoms with Gasteiger partial charge in [-0.15, -0.1) is 11.3 Å². The average Bonchev–Trinajstić information content (AvgIpc) is 2.93. The van der Waals surface area contributed by atoms with Crippen LogP contribution in [0.1, 0.15) is 17.8 Å². The third-order valence-corrected chi connectivity index (χ3v) is 3.42. The fraction of sp³-hybridized carbons (Fsp3) is 0.250. The summed E-state index contributed by atoms with van der Waals surface area (Å²) in [4.78, 5) is 19.5. The highest BCUT2D eigenvalue weighted by molar-refractivity contribution is 7.09. The molecule has 2 N–H and O–H groups in total. The minimum Gasteiger partial charge on any atom is -0.337 e. The first-order valence-electron chi connectivity index (χ1n) is 5.71. The van der Waals surface area contributed by atoms with Gasteiger partial charge in [-0.05, 0) is 12.1 Å². The van der Waals surface area contributed by atoms with E-state index in [1.807, 2.05) is 12.3 Å². The molecular weight excluding hydrogens is 267 g/mol. The van der Waals surface area contributed by atoms with Crippen molar-refractivity contribution in [2.45, 2.75) is 12.8 Å². The number of nitrogens with one attached hydrogen (secondary N) is 2. The molecule has 0 unspecified atom stereocenters. The van der Waals surface area contributed by atoms with Gasteiger partial charge < -0.3 is 5.32 Å². The highest BCUT2D eigenvalue weighted by Crippen LogP contribution is 2.16. The monoisotopic (exact) mass is 280 g/mol. The Labute approximate surface area is 113 Å². The maximum absolute atomic E-state index is 12.6. The molecule has 2 rings (SSSR count). The molecule has 2 aromatic rings. The number of amides is 2. The first-order valence-corrected chi connectivity index (χ1v) is 6.59. The molecule has 0 aliphatic rings. The molecule has 7 heteroatoms. The molecule has 0 saturated carbocycles. The maximum atomic E-state index is 12.6. The van der Waals surface area contributed by atoms with Gasteiger partial charge in [-0.3, -0.25) is 5.32 Å². The van der Waals surface area contributed by atoms with Crippen molar-refractivity contribution < 1.29 is 9.18 Å². The van der Waals surface area contributed by atoms with E-state index in [-0.39, 0.29) is 11.9 Å². The van der Waals surface area contributed by atoms with E-state index < -0.39 is 5.82 Å². The van der Waals surface area contributed by atoms with E-state index >= 15 is 0 Å². The van der Waals surface area contributed by atoms with Crippen LogP contribution in [-0.4, -0.2) is 22.5 Å². The largest absolute Gasteiger partial charge is 0.337 e. The Bertz CT molecular complexity index is 529. The Morgan fingerprint density at radius 2 is 2.32 bits per heavy atom. The molecule has 0 saturated heterocycles. The third-order valence-electron chi connectivity index (χ3n) is 2.41. The van der Waals surface area contributed by atoms with Crippen molar-refractivity contribution in [3.63, 3.8) is 0 Å². The molecule has 2 aromatic heterocycles. The standard InChI is InChI=1S/C12H13FN4OS/c1-8(11-14-4-5-19-11)6-16-12(18)17-10-3-2-9(13)7-15-10/h2-5,7-8H,6H2,1H3,(H2,15,16,17,18)/t8-/m1/s1. The first kappa shape index (κ1) is 13.4. The van der Waals surface area contributed by atoms with Gasteiger partial charge >= 0.3 is 6.03 Å². The van der Waals surface area contributed by atoms with Crippen molar-refractivity contribution >= 4 is 23.2 Å². The SMILES string of the molecule is C[C@H](CNC(=O)Nc1ccc(F)cn1)c1nccs1. The van der Waals surface area contributed by atoms with Crippen LogP contribution in [0.2, 0.25) is 0 Å². The van der Waals surface area contributed by atoms with E-state index in [0.29, 0.717) is 12.4 Å². The van der Waals surface area contributed by atoms with E-state index in [1.54, 1.807) is 17.5 Å².